The summed E-state index contributed by atoms with van der Waals surface area (Å²) in [5, 5.41) is 5.80. The normalized spacial score (nSPS) is 15.6. The summed E-state index contributed by atoms with van der Waals surface area (Å²) in [5.74, 6) is 0.767. The third-order valence-corrected chi connectivity index (χ3v) is 4.72. The summed E-state index contributed by atoms with van der Waals surface area (Å²) in [6, 6.07) is 16.7. The zero-order valence-corrected chi connectivity index (χ0v) is 15.1. The molecule has 5 nitrogen and oxygen atoms in total. The summed E-state index contributed by atoms with van der Waals surface area (Å²) in [7, 11) is 0. The predicted octanol–water partition coefficient (Wildman–Crippen LogP) is 4.11. The fourth-order valence-electron chi connectivity index (χ4n) is 2.66. The summed E-state index contributed by atoms with van der Waals surface area (Å²) < 4.78 is 5.87. The van der Waals surface area contributed by atoms with Crippen molar-refractivity contribution in [2.24, 2.45) is 5.41 Å². The van der Waals surface area contributed by atoms with Crippen molar-refractivity contribution in [3.8, 4) is 11.5 Å². The Morgan fingerprint density at radius 3 is 2.35 bits per heavy atom. The first-order valence-corrected chi connectivity index (χ1v) is 8.99. The van der Waals surface area contributed by atoms with Gasteiger partial charge in [0.05, 0.1) is 5.69 Å². The highest BCUT2D eigenvalue weighted by Gasteiger charge is 2.56. The Kier molecular flexibility index (Phi) is 5.26. The summed E-state index contributed by atoms with van der Waals surface area (Å²) in [6.07, 6.45) is 1.98. The van der Waals surface area contributed by atoms with Gasteiger partial charge in [-0.2, -0.15) is 0 Å². The summed E-state index contributed by atoms with van der Waals surface area (Å²) >= 11 is 0. The van der Waals surface area contributed by atoms with Crippen molar-refractivity contribution in [1.82, 2.24) is 5.32 Å². The predicted molar refractivity (Wildman–Crippen MR) is 101 cm³/mol. The van der Waals surface area contributed by atoms with Gasteiger partial charge in [0.1, 0.15) is 11.2 Å². The minimum Gasteiger partial charge on any atom is -0.455 e. The fraction of sp³-hybridized carbons (Fsp3) is 0.333. The number of benzene rings is 2. The van der Waals surface area contributed by atoms with Crippen LogP contribution in [0.15, 0.2) is 54.6 Å². The number of para-hydroxylation sites is 3. The monoisotopic (exact) mass is 352 g/mol. The molecule has 1 aliphatic carbocycles. The molecule has 2 aromatic carbocycles. The minimum atomic E-state index is -0.955. The second-order valence-corrected chi connectivity index (χ2v) is 6.73. The van der Waals surface area contributed by atoms with Gasteiger partial charge in [0.15, 0.2) is 5.75 Å². The molecule has 2 amide bonds. The Morgan fingerprint density at radius 1 is 1.04 bits per heavy atom. The van der Waals surface area contributed by atoms with Crippen LogP contribution in [0, 0.1) is 5.41 Å². The maximum atomic E-state index is 12.8. The third-order valence-electron chi connectivity index (χ3n) is 4.72. The molecule has 0 saturated heterocycles. The number of carbonyl (C=O) groups excluding carboxylic acids is 2. The minimum absolute atomic E-state index is 0.0569. The molecule has 0 aromatic heterocycles. The molecule has 1 unspecified atom stereocenters. The van der Waals surface area contributed by atoms with Gasteiger partial charge in [-0.15, -0.1) is 0 Å². The van der Waals surface area contributed by atoms with E-state index in [9.17, 15) is 9.59 Å². The lowest BCUT2D eigenvalue weighted by Crippen LogP contribution is -2.43. The van der Waals surface area contributed by atoms with E-state index >= 15 is 0 Å². The van der Waals surface area contributed by atoms with Crippen LogP contribution in [0.4, 0.5) is 5.69 Å². The highest BCUT2D eigenvalue weighted by molar-refractivity contribution is 6.13. The molecule has 136 valence electrons. The second-order valence-electron chi connectivity index (χ2n) is 6.73. The van der Waals surface area contributed by atoms with Crippen molar-refractivity contribution in [3.05, 3.63) is 54.6 Å². The smallest absolute Gasteiger partial charge is 0.240 e. The van der Waals surface area contributed by atoms with Crippen molar-refractivity contribution in [2.75, 3.05) is 5.32 Å². The maximum Gasteiger partial charge on any atom is 0.240 e. The van der Waals surface area contributed by atoms with E-state index in [0.29, 0.717) is 30.0 Å². The number of hydrogen-bond acceptors (Lipinski definition) is 3. The van der Waals surface area contributed by atoms with Crippen LogP contribution < -0.4 is 15.4 Å². The van der Waals surface area contributed by atoms with E-state index in [0.717, 1.165) is 6.42 Å². The lowest BCUT2D eigenvalue weighted by atomic mass is 10.0. The van der Waals surface area contributed by atoms with Crippen molar-refractivity contribution < 1.29 is 14.3 Å². The molecule has 1 fully saturated rings. The molecule has 3 rings (SSSR count). The van der Waals surface area contributed by atoms with Crippen LogP contribution in [0.25, 0.3) is 0 Å². The Morgan fingerprint density at radius 2 is 1.69 bits per heavy atom. The molecule has 0 radical (unpaired) electrons. The molecular weight excluding hydrogens is 328 g/mol. The molecule has 26 heavy (non-hydrogen) atoms. The van der Waals surface area contributed by atoms with Gasteiger partial charge >= 0.3 is 0 Å². The van der Waals surface area contributed by atoms with Gasteiger partial charge in [-0.05, 0) is 50.5 Å². The number of carbonyl (C=O) groups is 2. The maximum absolute atomic E-state index is 12.8. The molecule has 1 saturated carbocycles. The second kappa shape index (κ2) is 7.60. The zero-order valence-electron chi connectivity index (χ0n) is 15.1. The van der Waals surface area contributed by atoms with Gasteiger partial charge < -0.3 is 15.4 Å². The van der Waals surface area contributed by atoms with E-state index in [4.69, 9.17) is 4.74 Å². The van der Waals surface area contributed by atoms with E-state index in [-0.39, 0.29) is 17.9 Å². The first-order valence-electron chi connectivity index (χ1n) is 8.99. The van der Waals surface area contributed by atoms with Gasteiger partial charge in [0.2, 0.25) is 11.8 Å². The fourth-order valence-corrected chi connectivity index (χ4v) is 2.66. The number of amides is 2. The summed E-state index contributed by atoms with van der Waals surface area (Å²) in [6.45, 7) is 3.94. The first-order chi connectivity index (χ1) is 12.5. The van der Waals surface area contributed by atoms with Gasteiger partial charge in [-0.1, -0.05) is 37.3 Å². The SMILES string of the molecule is CCC(C)NC(=O)C1(C(=O)Nc2ccccc2Oc2ccccc2)CC1. The van der Waals surface area contributed by atoms with E-state index < -0.39 is 5.41 Å². The number of rotatable bonds is 7. The summed E-state index contributed by atoms with van der Waals surface area (Å²) in [5.41, 5.74) is -0.396. The zero-order chi connectivity index (χ0) is 18.6. The van der Waals surface area contributed by atoms with Crippen LogP contribution in [0.5, 0.6) is 11.5 Å². The van der Waals surface area contributed by atoms with Crippen molar-refractivity contribution in [2.45, 2.75) is 39.2 Å². The van der Waals surface area contributed by atoms with E-state index in [2.05, 4.69) is 10.6 Å². The highest BCUT2D eigenvalue weighted by atomic mass is 16.5. The topological polar surface area (TPSA) is 67.4 Å². The molecule has 0 heterocycles. The quantitative estimate of drug-likeness (QED) is 0.737. The molecule has 0 bridgehead atoms. The van der Waals surface area contributed by atoms with Crippen LogP contribution in [0.2, 0.25) is 0 Å². The number of anilines is 1. The molecular formula is C21H24N2O3. The largest absolute Gasteiger partial charge is 0.455 e. The van der Waals surface area contributed by atoms with E-state index in [1.807, 2.05) is 56.3 Å². The third kappa shape index (κ3) is 3.87. The van der Waals surface area contributed by atoms with Crippen molar-refractivity contribution >= 4 is 17.5 Å². The lowest BCUT2D eigenvalue weighted by molar-refractivity contribution is -0.134. The molecule has 1 aliphatic rings. The van der Waals surface area contributed by atoms with E-state index in [1.165, 1.54) is 0 Å². The van der Waals surface area contributed by atoms with E-state index in [1.54, 1.807) is 12.1 Å². The molecule has 2 aromatic rings. The van der Waals surface area contributed by atoms with Gasteiger partial charge in [0, 0.05) is 6.04 Å². The van der Waals surface area contributed by atoms with Crippen LogP contribution in [0.1, 0.15) is 33.1 Å². The Hall–Kier alpha value is -2.82. The lowest BCUT2D eigenvalue weighted by Gasteiger charge is -2.19. The molecule has 2 N–H and O–H groups in total. The van der Waals surface area contributed by atoms with Crippen LogP contribution in [-0.4, -0.2) is 17.9 Å². The average Bonchev–Trinajstić information content (AvgIpc) is 3.46. The average molecular weight is 352 g/mol. The summed E-state index contributed by atoms with van der Waals surface area (Å²) in [4.78, 5) is 25.3. The first kappa shape index (κ1) is 18.0. The highest BCUT2D eigenvalue weighted by Crippen LogP contribution is 2.47. The Balaban J connectivity index is 1.73. The Bertz CT molecular complexity index is 785. The van der Waals surface area contributed by atoms with Crippen LogP contribution >= 0.6 is 0 Å². The van der Waals surface area contributed by atoms with Gasteiger partial charge in [0.25, 0.3) is 0 Å². The van der Waals surface area contributed by atoms with Gasteiger partial charge in [-0.3, -0.25) is 9.59 Å². The molecule has 5 heteroatoms. The number of ether oxygens (including phenoxy) is 1. The number of nitrogens with one attached hydrogen (secondary N) is 2. The van der Waals surface area contributed by atoms with Crippen molar-refractivity contribution in [1.29, 1.82) is 0 Å². The van der Waals surface area contributed by atoms with Crippen LogP contribution in [0.3, 0.4) is 0 Å². The molecule has 0 aliphatic heterocycles. The van der Waals surface area contributed by atoms with Gasteiger partial charge in [-0.25, -0.2) is 0 Å². The van der Waals surface area contributed by atoms with Crippen molar-refractivity contribution in [3.63, 3.8) is 0 Å². The standard InChI is InChI=1S/C21H24N2O3/c1-3-15(2)22-19(24)21(13-14-21)20(25)23-17-11-7-8-12-18(17)26-16-9-5-4-6-10-16/h4-12,15H,3,13-14H2,1-2H3,(H,22,24)(H,23,25). The Labute approximate surface area is 153 Å². The molecule has 1 atom stereocenters. The number of hydrogen-bond donors (Lipinski definition) is 2. The van der Waals surface area contributed by atoms with Crippen LogP contribution in [-0.2, 0) is 9.59 Å². The molecule has 0 spiro atoms.